The molecule has 0 aliphatic carbocycles. The summed E-state index contributed by atoms with van der Waals surface area (Å²) >= 11 is 1.59. The molecule has 0 aliphatic rings. The van der Waals surface area contributed by atoms with E-state index in [4.69, 9.17) is 10.8 Å². The van der Waals surface area contributed by atoms with Crippen molar-refractivity contribution < 1.29 is 5.11 Å². The number of aliphatic hydroxyl groups excluding tert-OH is 1. The van der Waals surface area contributed by atoms with Crippen LogP contribution in [0.4, 0.5) is 0 Å². The number of thiazole rings is 1. The molecule has 4 heteroatoms. The average Bonchev–Trinajstić information content (AvgIpc) is 2.32. The van der Waals surface area contributed by atoms with E-state index in [2.05, 4.69) is 4.98 Å². The van der Waals surface area contributed by atoms with Gasteiger partial charge >= 0.3 is 0 Å². The lowest BCUT2D eigenvalue weighted by Gasteiger charge is -1.86. The maximum Gasteiger partial charge on any atom is 0.0954 e. The molecule has 0 atom stereocenters. The minimum absolute atomic E-state index is 0.164. The molecule has 62 valence electrons. The summed E-state index contributed by atoms with van der Waals surface area (Å²) < 4.78 is 0. The van der Waals surface area contributed by atoms with Crippen LogP contribution in [0.1, 0.15) is 15.6 Å². The first kappa shape index (κ1) is 8.64. The molecule has 11 heavy (non-hydrogen) atoms. The van der Waals surface area contributed by atoms with Crippen LogP contribution < -0.4 is 5.73 Å². The fourth-order valence-electron chi connectivity index (χ4n) is 0.880. The van der Waals surface area contributed by atoms with Crippen LogP contribution >= 0.6 is 11.3 Å². The van der Waals surface area contributed by atoms with E-state index in [0.29, 0.717) is 13.0 Å². The minimum Gasteiger partial charge on any atom is -0.396 e. The number of hydrogen-bond acceptors (Lipinski definition) is 4. The van der Waals surface area contributed by atoms with Crippen molar-refractivity contribution in [2.75, 3.05) is 6.61 Å². The number of hydrogen-bond donors (Lipinski definition) is 2. The summed E-state index contributed by atoms with van der Waals surface area (Å²) in [5.41, 5.74) is 6.47. The molecule has 0 amide bonds. The van der Waals surface area contributed by atoms with Gasteiger partial charge in [-0.05, 0) is 6.92 Å². The van der Waals surface area contributed by atoms with E-state index in [-0.39, 0.29) is 6.61 Å². The third-order valence-corrected chi connectivity index (χ3v) is 2.69. The first-order valence-electron chi connectivity index (χ1n) is 3.54. The van der Waals surface area contributed by atoms with Crippen LogP contribution in [-0.2, 0) is 13.0 Å². The van der Waals surface area contributed by atoms with Crippen LogP contribution in [0.5, 0.6) is 0 Å². The Hall–Kier alpha value is -0.450. The summed E-state index contributed by atoms with van der Waals surface area (Å²) in [5.74, 6) is 0. The Morgan fingerprint density at radius 1 is 1.64 bits per heavy atom. The molecular formula is C7H12N2OS. The van der Waals surface area contributed by atoms with E-state index in [1.54, 1.807) is 11.3 Å². The molecule has 0 aliphatic heterocycles. The van der Waals surface area contributed by atoms with Crippen molar-refractivity contribution >= 4 is 11.3 Å². The van der Waals surface area contributed by atoms with E-state index in [9.17, 15) is 0 Å². The summed E-state index contributed by atoms with van der Waals surface area (Å²) in [6.45, 7) is 2.66. The molecule has 0 aromatic carbocycles. The Bertz CT molecular complexity index is 234. The molecule has 1 heterocycles. The van der Waals surface area contributed by atoms with Gasteiger partial charge in [-0.25, -0.2) is 4.98 Å². The van der Waals surface area contributed by atoms with Crippen molar-refractivity contribution in [3.63, 3.8) is 0 Å². The Morgan fingerprint density at radius 3 is 2.82 bits per heavy atom. The molecule has 1 rings (SSSR count). The number of nitrogens with two attached hydrogens (primary N) is 1. The van der Waals surface area contributed by atoms with Crippen LogP contribution in [0.25, 0.3) is 0 Å². The predicted molar refractivity (Wildman–Crippen MR) is 45.5 cm³/mol. The van der Waals surface area contributed by atoms with Gasteiger partial charge in [-0.1, -0.05) is 0 Å². The van der Waals surface area contributed by atoms with E-state index in [1.807, 2.05) is 6.92 Å². The average molecular weight is 172 g/mol. The van der Waals surface area contributed by atoms with E-state index in [0.717, 1.165) is 15.6 Å². The highest BCUT2D eigenvalue weighted by Crippen LogP contribution is 2.17. The van der Waals surface area contributed by atoms with Gasteiger partial charge in [-0.15, -0.1) is 11.3 Å². The molecular weight excluding hydrogens is 160 g/mol. The topological polar surface area (TPSA) is 59.1 Å². The van der Waals surface area contributed by atoms with Crippen LogP contribution in [-0.4, -0.2) is 16.7 Å². The molecule has 0 spiro atoms. The third kappa shape index (κ3) is 1.99. The zero-order chi connectivity index (χ0) is 8.27. The monoisotopic (exact) mass is 172 g/mol. The Balaban J connectivity index is 2.77. The van der Waals surface area contributed by atoms with Crippen LogP contribution in [0, 0.1) is 6.92 Å². The van der Waals surface area contributed by atoms with Crippen LogP contribution in [0.2, 0.25) is 0 Å². The Morgan fingerprint density at radius 2 is 2.36 bits per heavy atom. The number of aryl methyl sites for hydroxylation is 1. The van der Waals surface area contributed by atoms with Crippen molar-refractivity contribution in [2.45, 2.75) is 19.9 Å². The van der Waals surface area contributed by atoms with Crippen LogP contribution in [0.3, 0.4) is 0 Å². The smallest absolute Gasteiger partial charge is 0.0954 e. The standard InChI is InChI=1S/C7H12N2OS/c1-5-6(4-8)11-7(9-5)2-3-10/h10H,2-4,8H2,1H3. The zero-order valence-corrected chi connectivity index (χ0v) is 7.32. The Kier molecular flexibility index (Phi) is 2.99. The van der Waals surface area contributed by atoms with Crippen molar-refractivity contribution in [3.8, 4) is 0 Å². The second kappa shape index (κ2) is 3.80. The lowest BCUT2D eigenvalue weighted by atomic mass is 10.4. The molecule has 3 nitrogen and oxygen atoms in total. The first-order valence-corrected chi connectivity index (χ1v) is 4.35. The van der Waals surface area contributed by atoms with Crippen molar-refractivity contribution in [3.05, 3.63) is 15.6 Å². The number of rotatable bonds is 3. The lowest BCUT2D eigenvalue weighted by Crippen LogP contribution is -1.94. The predicted octanol–water partition coefficient (Wildman–Crippen LogP) is 0.445. The van der Waals surface area contributed by atoms with Gasteiger partial charge in [0, 0.05) is 24.4 Å². The van der Waals surface area contributed by atoms with Crippen molar-refractivity contribution in [1.82, 2.24) is 4.98 Å². The number of aliphatic hydroxyl groups is 1. The number of nitrogens with zero attached hydrogens (tertiary/aromatic N) is 1. The van der Waals surface area contributed by atoms with Gasteiger partial charge in [0.2, 0.25) is 0 Å². The third-order valence-electron chi connectivity index (χ3n) is 1.45. The molecule has 0 saturated heterocycles. The normalized spacial score (nSPS) is 10.5. The van der Waals surface area contributed by atoms with Crippen LogP contribution in [0.15, 0.2) is 0 Å². The quantitative estimate of drug-likeness (QED) is 0.695. The molecule has 0 saturated carbocycles. The molecule has 0 bridgehead atoms. The molecule has 0 unspecified atom stereocenters. The summed E-state index contributed by atoms with van der Waals surface area (Å²) in [4.78, 5) is 5.37. The first-order chi connectivity index (χ1) is 5.27. The van der Waals surface area contributed by atoms with Gasteiger partial charge in [-0.2, -0.15) is 0 Å². The zero-order valence-electron chi connectivity index (χ0n) is 6.50. The van der Waals surface area contributed by atoms with Gasteiger partial charge in [0.05, 0.1) is 10.7 Å². The summed E-state index contributed by atoms with van der Waals surface area (Å²) in [7, 11) is 0. The van der Waals surface area contributed by atoms with Crippen molar-refractivity contribution in [1.29, 1.82) is 0 Å². The van der Waals surface area contributed by atoms with E-state index < -0.39 is 0 Å². The maximum atomic E-state index is 8.63. The van der Waals surface area contributed by atoms with Gasteiger partial charge in [0.1, 0.15) is 0 Å². The maximum absolute atomic E-state index is 8.63. The van der Waals surface area contributed by atoms with Crippen molar-refractivity contribution in [2.24, 2.45) is 5.73 Å². The van der Waals surface area contributed by atoms with Gasteiger partial charge in [0.25, 0.3) is 0 Å². The number of aromatic nitrogens is 1. The summed E-state index contributed by atoms with van der Waals surface area (Å²) in [5, 5.41) is 9.61. The minimum atomic E-state index is 0.164. The Labute approximate surface area is 69.9 Å². The highest BCUT2D eigenvalue weighted by atomic mass is 32.1. The van der Waals surface area contributed by atoms with Gasteiger partial charge in [0.15, 0.2) is 0 Å². The van der Waals surface area contributed by atoms with Gasteiger partial charge in [-0.3, -0.25) is 0 Å². The summed E-state index contributed by atoms with van der Waals surface area (Å²) in [6, 6.07) is 0. The SMILES string of the molecule is Cc1nc(CCO)sc1CN. The highest BCUT2D eigenvalue weighted by molar-refractivity contribution is 7.11. The largest absolute Gasteiger partial charge is 0.396 e. The van der Waals surface area contributed by atoms with E-state index >= 15 is 0 Å². The molecule has 1 aromatic rings. The second-order valence-corrected chi connectivity index (χ2v) is 3.46. The lowest BCUT2D eigenvalue weighted by molar-refractivity contribution is 0.299. The molecule has 0 fully saturated rings. The molecule has 1 aromatic heterocycles. The fourth-order valence-corrected chi connectivity index (χ4v) is 1.82. The van der Waals surface area contributed by atoms with Gasteiger partial charge < -0.3 is 10.8 Å². The summed E-state index contributed by atoms with van der Waals surface area (Å²) in [6.07, 6.45) is 0.644. The second-order valence-electron chi connectivity index (χ2n) is 2.29. The fraction of sp³-hybridized carbons (Fsp3) is 0.571. The highest BCUT2D eigenvalue weighted by Gasteiger charge is 2.04. The molecule has 0 radical (unpaired) electrons. The van der Waals surface area contributed by atoms with E-state index in [1.165, 1.54) is 0 Å². The molecule has 3 N–H and O–H groups in total.